The van der Waals surface area contributed by atoms with E-state index >= 15 is 0 Å². The summed E-state index contributed by atoms with van der Waals surface area (Å²) in [5.41, 5.74) is 1.13. The molecule has 4 nitrogen and oxygen atoms in total. The summed E-state index contributed by atoms with van der Waals surface area (Å²) in [6.07, 6.45) is 3.50. The van der Waals surface area contributed by atoms with Crippen molar-refractivity contribution in [1.82, 2.24) is 15.6 Å². The molecule has 1 amide bonds. The van der Waals surface area contributed by atoms with Crippen LogP contribution in [0.1, 0.15) is 19.4 Å². The Labute approximate surface area is 96.5 Å². The molecule has 0 saturated carbocycles. The Balaban J connectivity index is 2.54. The summed E-state index contributed by atoms with van der Waals surface area (Å²) in [7, 11) is 1.66. The van der Waals surface area contributed by atoms with Gasteiger partial charge in [-0.3, -0.25) is 9.78 Å². The molecule has 0 fully saturated rings. The first-order chi connectivity index (χ1) is 7.65. The topological polar surface area (TPSA) is 54.0 Å². The van der Waals surface area contributed by atoms with Crippen LogP contribution in [0.25, 0.3) is 0 Å². The smallest absolute Gasteiger partial charge is 0.237 e. The van der Waals surface area contributed by atoms with Crippen molar-refractivity contribution in [2.45, 2.75) is 26.4 Å². The molecular formula is C12H19N3O. The number of carbonyl (C=O) groups is 1. The van der Waals surface area contributed by atoms with Crippen molar-refractivity contribution < 1.29 is 4.79 Å². The van der Waals surface area contributed by atoms with E-state index in [1.54, 1.807) is 19.4 Å². The van der Waals surface area contributed by atoms with Gasteiger partial charge in [-0.05, 0) is 23.6 Å². The molecule has 16 heavy (non-hydrogen) atoms. The SMILES string of the molecule is CNC(=O)C(NCc1ccncc1)C(C)C. The highest BCUT2D eigenvalue weighted by Crippen LogP contribution is 2.04. The molecule has 88 valence electrons. The normalized spacial score (nSPS) is 12.5. The van der Waals surface area contributed by atoms with E-state index in [0.29, 0.717) is 6.54 Å². The Hall–Kier alpha value is -1.42. The van der Waals surface area contributed by atoms with Crippen molar-refractivity contribution in [2.75, 3.05) is 7.05 Å². The Kier molecular flexibility index (Phi) is 4.92. The number of aromatic nitrogens is 1. The fourth-order valence-corrected chi connectivity index (χ4v) is 1.52. The van der Waals surface area contributed by atoms with E-state index in [9.17, 15) is 4.79 Å². The molecule has 0 aliphatic rings. The van der Waals surface area contributed by atoms with Crippen LogP contribution >= 0.6 is 0 Å². The van der Waals surface area contributed by atoms with Crippen molar-refractivity contribution in [3.8, 4) is 0 Å². The molecule has 0 aromatic carbocycles. The first-order valence-electron chi connectivity index (χ1n) is 5.49. The summed E-state index contributed by atoms with van der Waals surface area (Å²) in [6.45, 7) is 4.73. The Bertz CT molecular complexity index is 324. The minimum atomic E-state index is -0.154. The predicted octanol–water partition coefficient (Wildman–Crippen LogP) is 0.942. The van der Waals surface area contributed by atoms with Gasteiger partial charge in [0.2, 0.25) is 5.91 Å². The molecule has 1 aromatic heterocycles. The van der Waals surface area contributed by atoms with Gasteiger partial charge in [0.15, 0.2) is 0 Å². The van der Waals surface area contributed by atoms with Gasteiger partial charge in [0.05, 0.1) is 6.04 Å². The number of pyridine rings is 1. The molecule has 1 heterocycles. The molecule has 1 unspecified atom stereocenters. The van der Waals surface area contributed by atoms with Crippen LogP contribution in [0.3, 0.4) is 0 Å². The monoisotopic (exact) mass is 221 g/mol. The average molecular weight is 221 g/mol. The van der Waals surface area contributed by atoms with Gasteiger partial charge in [-0.2, -0.15) is 0 Å². The third-order valence-electron chi connectivity index (χ3n) is 2.47. The van der Waals surface area contributed by atoms with E-state index < -0.39 is 0 Å². The lowest BCUT2D eigenvalue weighted by Gasteiger charge is -2.20. The van der Waals surface area contributed by atoms with E-state index in [-0.39, 0.29) is 17.9 Å². The lowest BCUT2D eigenvalue weighted by Crippen LogP contribution is -2.45. The van der Waals surface area contributed by atoms with Crippen molar-refractivity contribution in [2.24, 2.45) is 5.92 Å². The largest absolute Gasteiger partial charge is 0.358 e. The first kappa shape index (κ1) is 12.6. The fraction of sp³-hybridized carbons (Fsp3) is 0.500. The van der Waals surface area contributed by atoms with E-state index in [1.165, 1.54) is 0 Å². The average Bonchev–Trinajstić information content (AvgIpc) is 2.30. The maximum Gasteiger partial charge on any atom is 0.237 e. The Morgan fingerprint density at radius 1 is 1.38 bits per heavy atom. The molecule has 2 N–H and O–H groups in total. The van der Waals surface area contributed by atoms with Gasteiger partial charge in [0, 0.05) is 26.0 Å². The van der Waals surface area contributed by atoms with Crippen LogP contribution in [-0.4, -0.2) is 24.0 Å². The Morgan fingerprint density at radius 3 is 2.50 bits per heavy atom. The predicted molar refractivity (Wildman–Crippen MR) is 63.8 cm³/mol. The van der Waals surface area contributed by atoms with Gasteiger partial charge < -0.3 is 10.6 Å². The quantitative estimate of drug-likeness (QED) is 0.778. The van der Waals surface area contributed by atoms with E-state index in [0.717, 1.165) is 5.56 Å². The molecule has 0 spiro atoms. The second kappa shape index (κ2) is 6.23. The van der Waals surface area contributed by atoms with Crippen molar-refractivity contribution >= 4 is 5.91 Å². The highest BCUT2D eigenvalue weighted by molar-refractivity contribution is 5.81. The molecule has 0 aliphatic heterocycles. The van der Waals surface area contributed by atoms with Gasteiger partial charge in [0.25, 0.3) is 0 Å². The zero-order valence-electron chi connectivity index (χ0n) is 10.0. The number of hydrogen-bond donors (Lipinski definition) is 2. The van der Waals surface area contributed by atoms with Crippen LogP contribution in [0, 0.1) is 5.92 Å². The summed E-state index contributed by atoms with van der Waals surface area (Å²) in [6, 6.07) is 3.72. The van der Waals surface area contributed by atoms with Gasteiger partial charge >= 0.3 is 0 Å². The van der Waals surface area contributed by atoms with Crippen LogP contribution < -0.4 is 10.6 Å². The number of hydrogen-bond acceptors (Lipinski definition) is 3. The van der Waals surface area contributed by atoms with Gasteiger partial charge in [-0.25, -0.2) is 0 Å². The van der Waals surface area contributed by atoms with Crippen LogP contribution in [0.4, 0.5) is 0 Å². The number of nitrogens with zero attached hydrogens (tertiary/aromatic N) is 1. The lowest BCUT2D eigenvalue weighted by molar-refractivity contribution is -0.123. The highest BCUT2D eigenvalue weighted by Gasteiger charge is 2.19. The molecule has 0 saturated heterocycles. The summed E-state index contributed by atoms with van der Waals surface area (Å²) < 4.78 is 0. The van der Waals surface area contributed by atoms with Crippen molar-refractivity contribution in [1.29, 1.82) is 0 Å². The number of nitrogens with one attached hydrogen (secondary N) is 2. The molecular weight excluding hydrogens is 202 g/mol. The fourth-order valence-electron chi connectivity index (χ4n) is 1.52. The minimum Gasteiger partial charge on any atom is -0.358 e. The number of amides is 1. The van der Waals surface area contributed by atoms with E-state index in [4.69, 9.17) is 0 Å². The molecule has 1 atom stereocenters. The second-order valence-electron chi connectivity index (χ2n) is 4.07. The van der Waals surface area contributed by atoms with Crippen LogP contribution in [0.15, 0.2) is 24.5 Å². The van der Waals surface area contributed by atoms with Gasteiger partial charge in [-0.15, -0.1) is 0 Å². The maximum atomic E-state index is 11.6. The van der Waals surface area contributed by atoms with Crippen molar-refractivity contribution in [3.63, 3.8) is 0 Å². The molecule has 0 aliphatic carbocycles. The number of carbonyl (C=O) groups excluding carboxylic acids is 1. The number of rotatable bonds is 5. The molecule has 0 radical (unpaired) electrons. The first-order valence-corrected chi connectivity index (χ1v) is 5.49. The third kappa shape index (κ3) is 3.62. The van der Waals surface area contributed by atoms with Gasteiger partial charge in [0.1, 0.15) is 0 Å². The van der Waals surface area contributed by atoms with E-state index in [2.05, 4.69) is 15.6 Å². The molecule has 4 heteroatoms. The summed E-state index contributed by atoms with van der Waals surface area (Å²) in [4.78, 5) is 15.5. The van der Waals surface area contributed by atoms with Crippen LogP contribution in [-0.2, 0) is 11.3 Å². The number of likely N-dealkylation sites (N-methyl/N-ethyl adjacent to an activating group) is 1. The van der Waals surface area contributed by atoms with E-state index in [1.807, 2.05) is 26.0 Å². The molecule has 1 rings (SSSR count). The summed E-state index contributed by atoms with van der Waals surface area (Å²) in [5.74, 6) is 0.297. The molecule has 0 bridgehead atoms. The lowest BCUT2D eigenvalue weighted by atomic mass is 10.0. The Morgan fingerprint density at radius 2 is 2.00 bits per heavy atom. The summed E-state index contributed by atoms with van der Waals surface area (Å²) in [5, 5.41) is 5.92. The summed E-state index contributed by atoms with van der Waals surface area (Å²) >= 11 is 0. The van der Waals surface area contributed by atoms with Gasteiger partial charge in [-0.1, -0.05) is 13.8 Å². The zero-order chi connectivity index (χ0) is 12.0. The van der Waals surface area contributed by atoms with Crippen LogP contribution in [0.5, 0.6) is 0 Å². The minimum absolute atomic E-state index is 0.0315. The third-order valence-corrected chi connectivity index (χ3v) is 2.47. The second-order valence-corrected chi connectivity index (χ2v) is 4.07. The zero-order valence-corrected chi connectivity index (χ0v) is 10.0. The molecule has 1 aromatic rings. The highest BCUT2D eigenvalue weighted by atomic mass is 16.2. The van der Waals surface area contributed by atoms with Crippen molar-refractivity contribution in [3.05, 3.63) is 30.1 Å². The standard InChI is InChI=1S/C12H19N3O/c1-9(2)11(12(16)13-3)15-8-10-4-6-14-7-5-10/h4-7,9,11,15H,8H2,1-3H3,(H,13,16). The maximum absolute atomic E-state index is 11.6. The van der Waals surface area contributed by atoms with Crippen LogP contribution in [0.2, 0.25) is 0 Å².